The van der Waals surface area contributed by atoms with Gasteiger partial charge in [0.1, 0.15) is 9.91 Å². The molecule has 4 rings (SSSR count). The molecule has 33 heavy (non-hydrogen) atoms. The number of rotatable bonds is 5. The molecule has 3 heterocycles. The normalized spacial score (nSPS) is 19.0. The van der Waals surface area contributed by atoms with E-state index < -0.39 is 39.9 Å². The van der Waals surface area contributed by atoms with Gasteiger partial charge in [-0.1, -0.05) is 30.3 Å². The SMILES string of the molecule is O=C(O)C(=O)Nc1sc2c(c1C(=O)O)CC(CN1C(=O)C=C(c3ccccc3)S1(=O)=O)OC2. The van der Waals surface area contributed by atoms with E-state index in [0.29, 0.717) is 20.3 Å². The van der Waals surface area contributed by atoms with E-state index in [4.69, 9.17) is 9.84 Å². The number of anilines is 1. The number of ether oxygens (including phenoxy) is 1. The first kappa shape index (κ1) is 22.6. The van der Waals surface area contributed by atoms with E-state index in [1.54, 1.807) is 30.3 Å². The van der Waals surface area contributed by atoms with Crippen molar-refractivity contribution in [2.45, 2.75) is 19.1 Å². The molecular weight excluding hydrogens is 476 g/mol. The van der Waals surface area contributed by atoms with Crippen molar-refractivity contribution in [2.75, 3.05) is 11.9 Å². The lowest BCUT2D eigenvalue weighted by molar-refractivity contribution is -0.147. The molecular formula is C20H16N2O9S2. The van der Waals surface area contributed by atoms with E-state index in [-0.39, 0.29) is 35.0 Å². The summed E-state index contributed by atoms with van der Waals surface area (Å²) in [6.07, 6.45) is 0.151. The number of nitrogens with one attached hydrogen (secondary N) is 1. The molecule has 0 spiro atoms. The summed E-state index contributed by atoms with van der Waals surface area (Å²) in [5.41, 5.74) is 0.381. The molecule has 172 valence electrons. The molecule has 0 saturated carbocycles. The molecule has 1 aromatic carbocycles. The van der Waals surface area contributed by atoms with Gasteiger partial charge < -0.3 is 20.3 Å². The first-order chi connectivity index (χ1) is 15.6. The Labute approximate surface area is 190 Å². The van der Waals surface area contributed by atoms with Crippen LogP contribution in [0.1, 0.15) is 26.4 Å². The second-order valence-corrected chi connectivity index (χ2v) is 10.1. The van der Waals surface area contributed by atoms with Crippen LogP contribution in [-0.2, 0) is 42.2 Å². The molecule has 2 amide bonds. The third kappa shape index (κ3) is 4.13. The number of aromatic carboxylic acids is 1. The van der Waals surface area contributed by atoms with Gasteiger partial charge in [-0.2, -0.15) is 0 Å². The Morgan fingerprint density at radius 2 is 1.88 bits per heavy atom. The number of carboxylic acids is 2. The van der Waals surface area contributed by atoms with Gasteiger partial charge in [-0.3, -0.25) is 9.59 Å². The lowest BCUT2D eigenvalue weighted by Gasteiger charge is -2.27. The number of sulfonamides is 1. The molecule has 1 atom stereocenters. The van der Waals surface area contributed by atoms with Crippen molar-refractivity contribution in [1.29, 1.82) is 0 Å². The van der Waals surface area contributed by atoms with Crippen molar-refractivity contribution in [3.8, 4) is 0 Å². The largest absolute Gasteiger partial charge is 0.478 e. The van der Waals surface area contributed by atoms with Gasteiger partial charge in [-0.05, 0) is 11.1 Å². The summed E-state index contributed by atoms with van der Waals surface area (Å²) < 4.78 is 32.3. The molecule has 1 unspecified atom stereocenters. The molecule has 11 nitrogen and oxygen atoms in total. The van der Waals surface area contributed by atoms with Crippen molar-refractivity contribution in [3.05, 3.63) is 58.0 Å². The highest BCUT2D eigenvalue weighted by molar-refractivity contribution is 7.99. The summed E-state index contributed by atoms with van der Waals surface area (Å²) >= 11 is 0.869. The Bertz CT molecular complexity index is 1310. The Kier molecular flexibility index (Phi) is 5.78. The third-order valence-electron chi connectivity index (χ3n) is 5.10. The molecule has 2 aromatic rings. The average molecular weight is 492 g/mol. The van der Waals surface area contributed by atoms with Crippen LogP contribution >= 0.6 is 11.3 Å². The lowest BCUT2D eigenvalue weighted by atomic mass is 10.0. The van der Waals surface area contributed by atoms with E-state index >= 15 is 0 Å². The maximum absolute atomic E-state index is 13.0. The van der Waals surface area contributed by atoms with Gasteiger partial charge in [0.25, 0.3) is 15.9 Å². The lowest BCUT2D eigenvalue weighted by Crippen LogP contribution is -2.40. The van der Waals surface area contributed by atoms with Crippen LogP contribution in [0.2, 0.25) is 0 Å². The van der Waals surface area contributed by atoms with Gasteiger partial charge in [-0.25, -0.2) is 22.3 Å². The van der Waals surface area contributed by atoms with Crippen LogP contribution in [0.4, 0.5) is 5.00 Å². The Hall–Kier alpha value is -3.55. The summed E-state index contributed by atoms with van der Waals surface area (Å²) in [6, 6.07) is 8.15. The fraction of sp³-hybridized carbons (Fsp3) is 0.200. The molecule has 0 radical (unpaired) electrons. The Morgan fingerprint density at radius 3 is 2.52 bits per heavy atom. The number of carbonyl (C=O) groups excluding carboxylic acids is 2. The predicted octanol–water partition coefficient (Wildman–Crippen LogP) is 1.12. The van der Waals surface area contributed by atoms with E-state index in [1.807, 2.05) is 0 Å². The molecule has 0 bridgehead atoms. The summed E-state index contributed by atoms with van der Waals surface area (Å²) in [4.78, 5) is 46.9. The quantitative estimate of drug-likeness (QED) is 0.518. The third-order valence-corrected chi connectivity index (χ3v) is 8.04. The maximum atomic E-state index is 13.0. The van der Waals surface area contributed by atoms with Crippen molar-refractivity contribution >= 4 is 55.0 Å². The average Bonchev–Trinajstić information content (AvgIpc) is 3.23. The number of nitrogens with zero attached hydrogens (tertiary/aromatic N) is 1. The second-order valence-electron chi connectivity index (χ2n) is 7.16. The monoisotopic (exact) mass is 492 g/mol. The topological polar surface area (TPSA) is 167 Å². The molecule has 0 saturated heterocycles. The predicted molar refractivity (Wildman–Crippen MR) is 115 cm³/mol. The standard InChI is InChI=1S/C20H16N2O9S2/c23-15-7-14(10-4-2-1-3-5-10)33(29,30)22(15)8-11-6-12-13(9-31-11)32-18(16(12)19(25)26)21-17(24)20(27)28/h1-5,7,11H,6,8-9H2,(H,21,24)(H,25,26)(H,27,28). The van der Waals surface area contributed by atoms with Crippen LogP contribution in [0, 0.1) is 0 Å². The zero-order valence-electron chi connectivity index (χ0n) is 16.7. The fourth-order valence-electron chi connectivity index (χ4n) is 3.62. The van der Waals surface area contributed by atoms with Crippen LogP contribution in [0.3, 0.4) is 0 Å². The Balaban J connectivity index is 1.57. The molecule has 2 aliphatic rings. The van der Waals surface area contributed by atoms with E-state index in [0.717, 1.165) is 17.4 Å². The zero-order chi connectivity index (χ0) is 23.9. The van der Waals surface area contributed by atoms with Gasteiger partial charge in [0.05, 0.1) is 24.8 Å². The van der Waals surface area contributed by atoms with Crippen LogP contribution < -0.4 is 5.32 Å². The molecule has 0 fully saturated rings. The van der Waals surface area contributed by atoms with E-state index in [9.17, 15) is 32.7 Å². The number of hydrogen-bond donors (Lipinski definition) is 3. The number of amides is 2. The number of carbonyl (C=O) groups is 4. The van der Waals surface area contributed by atoms with Gasteiger partial charge in [-0.15, -0.1) is 11.3 Å². The van der Waals surface area contributed by atoms with Gasteiger partial charge in [0.15, 0.2) is 0 Å². The summed E-state index contributed by atoms with van der Waals surface area (Å²) in [5, 5.41) is 20.3. The summed E-state index contributed by atoms with van der Waals surface area (Å²) in [7, 11) is -4.12. The van der Waals surface area contributed by atoms with Crippen LogP contribution in [0.15, 0.2) is 36.4 Å². The minimum Gasteiger partial charge on any atom is -0.478 e. The molecule has 3 N–H and O–H groups in total. The zero-order valence-corrected chi connectivity index (χ0v) is 18.3. The second kappa shape index (κ2) is 8.42. The molecule has 0 aliphatic carbocycles. The number of fused-ring (bicyclic) bond motifs is 1. The highest BCUT2D eigenvalue weighted by atomic mass is 32.2. The highest BCUT2D eigenvalue weighted by Gasteiger charge is 2.41. The van der Waals surface area contributed by atoms with Gasteiger partial charge in [0, 0.05) is 17.4 Å². The molecule has 13 heteroatoms. The van der Waals surface area contributed by atoms with E-state index in [1.165, 1.54) is 0 Å². The van der Waals surface area contributed by atoms with Crippen molar-refractivity contribution < 1.29 is 42.5 Å². The Morgan fingerprint density at radius 1 is 1.18 bits per heavy atom. The highest BCUT2D eigenvalue weighted by Crippen LogP contribution is 2.39. The first-order valence-electron chi connectivity index (χ1n) is 9.47. The van der Waals surface area contributed by atoms with E-state index in [2.05, 4.69) is 5.32 Å². The number of thiophene rings is 1. The first-order valence-corrected chi connectivity index (χ1v) is 11.7. The van der Waals surface area contributed by atoms with Crippen LogP contribution in [0.25, 0.3) is 4.91 Å². The molecule has 1 aromatic heterocycles. The number of benzene rings is 1. The number of aliphatic carboxylic acids is 1. The van der Waals surface area contributed by atoms with Gasteiger partial charge >= 0.3 is 17.8 Å². The summed E-state index contributed by atoms with van der Waals surface area (Å²) in [5.74, 6) is -5.28. The van der Waals surface area contributed by atoms with Crippen LogP contribution in [-0.4, -0.2) is 59.3 Å². The van der Waals surface area contributed by atoms with Crippen molar-refractivity contribution in [1.82, 2.24) is 4.31 Å². The fourth-order valence-corrected chi connectivity index (χ4v) is 6.33. The van der Waals surface area contributed by atoms with Crippen molar-refractivity contribution in [3.63, 3.8) is 0 Å². The minimum atomic E-state index is -4.12. The number of carboxylic acid groups (broad SMARTS) is 2. The van der Waals surface area contributed by atoms with Crippen LogP contribution in [0.5, 0.6) is 0 Å². The van der Waals surface area contributed by atoms with Crippen molar-refractivity contribution in [2.24, 2.45) is 0 Å². The smallest absolute Gasteiger partial charge is 0.394 e. The minimum absolute atomic E-state index is 0.0453. The maximum Gasteiger partial charge on any atom is 0.394 e. The number of hydrogen-bond acceptors (Lipinski definition) is 8. The van der Waals surface area contributed by atoms with Gasteiger partial charge in [0.2, 0.25) is 0 Å². The summed E-state index contributed by atoms with van der Waals surface area (Å²) in [6.45, 7) is -0.423. The molecule has 2 aliphatic heterocycles.